The third kappa shape index (κ3) is 8.10. The summed E-state index contributed by atoms with van der Waals surface area (Å²) in [7, 11) is -3.90. The number of anilines is 2. The van der Waals surface area contributed by atoms with E-state index >= 15 is 0 Å². The summed E-state index contributed by atoms with van der Waals surface area (Å²) in [6.07, 6.45) is 0.446. The minimum atomic E-state index is -3.90. The lowest BCUT2D eigenvalue weighted by Gasteiger charge is -2.28. The molecule has 184 valence electrons. The summed E-state index contributed by atoms with van der Waals surface area (Å²) in [4.78, 5) is 29.8. The second kappa shape index (κ2) is 12.5. The number of hydroxylamine groups is 2. The van der Waals surface area contributed by atoms with Crippen LogP contribution in [0.1, 0.15) is 5.56 Å². The minimum Gasteiger partial charge on any atom is -0.399 e. The van der Waals surface area contributed by atoms with Crippen LogP contribution < -0.4 is 21.1 Å². The zero-order valence-corrected chi connectivity index (χ0v) is 19.6. The van der Waals surface area contributed by atoms with Crippen LogP contribution in [-0.4, -0.2) is 45.1 Å². The Kier molecular flexibility index (Phi) is 9.18. The maximum absolute atomic E-state index is 12.7. The quantitative estimate of drug-likeness (QED) is 0.172. The van der Waals surface area contributed by atoms with Crippen LogP contribution in [-0.2, 0) is 26.3 Å². The Balaban J connectivity index is 1.68. The Hall–Kier alpha value is -3.93. The van der Waals surface area contributed by atoms with Crippen molar-refractivity contribution in [2.24, 2.45) is 0 Å². The maximum Gasteiger partial charge on any atom is 0.319 e. The molecule has 11 heteroatoms. The summed E-state index contributed by atoms with van der Waals surface area (Å²) in [6, 6.07) is 22.3. The fourth-order valence-corrected chi connectivity index (χ4v) is 4.11. The Bertz CT molecular complexity index is 1190. The smallest absolute Gasteiger partial charge is 0.319 e. The number of hydrogen-bond acceptors (Lipinski definition) is 6. The second-order valence-electron chi connectivity index (χ2n) is 7.50. The van der Waals surface area contributed by atoms with E-state index in [0.29, 0.717) is 17.8 Å². The van der Waals surface area contributed by atoms with Gasteiger partial charge in [0, 0.05) is 24.5 Å². The molecule has 3 aromatic rings. The molecule has 0 spiro atoms. The minimum absolute atomic E-state index is 0.0167. The van der Waals surface area contributed by atoms with Crippen molar-refractivity contribution in [3.63, 3.8) is 0 Å². The molecule has 0 saturated heterocycles. The van der Waals surface area contributed by atoms with Gasteiger partial charge in [0.25, 0.3) is 0 Å². The van der Waals surface area contributed by atoms with Crippen molar-refractivity contribution in [2.45, 2.75) is 17.5 Å². The molecule has 0 aliphatic rings. The van der Waals surface area contributed by atoms with Crippen LogP contribution in [0.4, 0.5) is 16.2 Å². The first-order valence-corrected chi connectivity index (χ1v) is 12.2. The normalized spacial score (nSPS) is 11.9. The van der Waals surface area contributed by atoms with Crippen molar-refractivity contribution in [1.29, 1.82) is 0 Å². The SMILES string of the molecule is Nc1ccc(S(=O)(=O)NCC(CNC(=O)Nc2ccccc2)N(C=O)OCc2ccccc2)cc1. The molecule has 1 unspecified atom stereocenters. The highest BCUT2D eigenvalue weighted by Crippen LogP contribution is 2.12. The van der Waals surface area contributed by atoms with Crippen molar-refractivity contribution in [3.05, 3.63) is 90.5 Å². The summed E-state index contributed by atoms with van der Waals surface area (Å²) >= 11 is 0. The average Bonchev–Trinajstić information content (AvgIpc) is 2.87. The molecule has 0 heterocycles. The van der Waals surface area contributed by atoms with Crippen LogP contribution in [0.15, 0.2) is 89.8 Å². The Morgan fingerprint density at radius 3 is 2.20 bits per heavy atom. The van der Waals surface area contributed by atoms with E-state index in [1.807, 2.05) is 36.4 Å². The van der Waals surface area contributed by atoms with Crippen LogP contribution >= 0.6 is 0 Å². The summed E-state index contributed by atoms with van der Waals surface area (Å²) in [5.74, 6) is 0. The number of amides is 3. The van der Waals surface area contributed by atoms with Gasteiger partial charge in [0.2, 0.25) is 16.4 Å². The molecule has 3 amide bonds. The van der Waals surface area contributed by atoms with Gasteiger partial charge >= 0.3 is 6.03 Å². The van der Waals surface area contributed by atoms with Gasteiger partial charge in [-0.15, -0.1) is 0 Å². The molecule has 0 saturated carbocycles. The Morgan fingerprint density at radius 2 is 1.57 bits per heavy atom. The molecule has 5 N–H and O–H groups in total. The number of urea groups is 1. The molecule has 3 rings (SSSR count). The third-order valence-corrected chi connectivity index (χ3v) is 6.36. The Morgan fingerprint density at radius 1 is 0.943 bits per heavy atom. The number of rotatable bonds is 12. The predicted molar refractivity (Wildman–Crippen MR) is 132 cm³/mol. The van der Waals surface area contributed by atoms with Gasteiger partial charge in [-0.2, -0.15) is 0 Å². The number of para-hydroxylation sites is 1. The van der Waals surface area contributed by atoms with Gasteiger partial charge in [-0.1, -0.05) is 48.5 Å². The first kappa shape index (κ1) is 25.7. The van der Waals surface area contributed by atoms with Gasteiger partial charge in [0.1, 0.15) is 6.61 Å². The van der Waals surface area contributed by atoms with E-state index in [0.717, 1.165) is 10.6 Å². The fourth-order valence-electron chi connectivity index (χ4n) is 3.04. The number of nitrogens with two attached hydrogens (primary N) is 1. The van der Waals surface area contributed by atoms with Crippen molar-refractivity contribution < 1.29 is 22.8 Å². The van der Waals surface area contributed by atoms with Gasteiger partial charge in [0.05, 0.1) is 10.9 Å². The molecule has 10 nitrogen and oxygen atoms in total. The number of nitrogen functional groups attached to an aromatic ring is 1. The van der Waals surface area contributed by atoms with Gasteiger partial charge in [0.15, 0.2) is 0 Å². The summed E-state index contributed by atoms with van der Waals surface area (Å²) in [5.41, 5.74) is 7.46. The molecule has 0 aliphatic carbocycles. The standard InChI is InChI=1S/C24H27N5O5S/c25-20-11-13-23(14-12-20)35(32,33)27-16-22(15-26-24(31)28-21-9-5-2-6-10-21)29(18-30)34-17-19-7-3-1-4-8-19/h1-14,18,22,27H,15-17,25H2,(H2,26,28,31). The van der Waals surface area contributed by atoms with Gasteiger partial charge in [-0.3, -0.25) is 9.63 Å². The number of benzene rings is 3. The average molecular weight is 498 g/mol. The lowest BCUT2D eigenvalue weighted by Crippen LogP contribution is -2.50. The van der Waals surface area contributed by atoms with Gasteiger partial charge in [-0.25, -0.2) is 23.0 Å². The molecule has 0 bridgehead atoms. The van der Waals surface area contributed by atoms with Crippen molar-refractivity contribution in [2.75, 3.05) is 24.1 Å². The highest BCUT2D eigenvalue weighted by Gasteiger charge is 2.23. The van der Waals surface area contributed by atoms with E-state index in [-0.39, 0.29) is 24.6 Å². The molecular formula is C24H27N5O5S. The zero-order chi connectivity index (χ0) is 25.1. The fraction of sp³-hybridized carbons (Fsp3) is 0.167. The number of hydrogen-bond donors (Lipinski definition) is 4. The summed E-state index contributed by atoms with van der Waals surface area (Å²) in [6.45, 7) is -0.223. The zero-order valence-electron chi connectivity index (χ0n) is 18.8. The summed E-state index contributed by atoms with van der Waals surface area (Å²) in [5, 5.41) is 6.30. The van der Waals surface area contributed by atoms with E-state index in [9.17, 15) is 18.0 Å². The Labute approximate surface area is 204 Å². The van der Waals surface area contributed by atoms with E-state index < -0.39 is 22.1 Å². The number of carbonyl (C=O) groups is 2. The molecule has 0 aromatic heterocycles. The van der Waals surface area contributed by atoms with Crippen LogP contribution in [0.2, 0.25) is 0 Å². The van der Waals surface area contributed by atoms with Crippen molar-refractivity contribution in [1.82, 2.24) is 15.1 Å². The van der Waals surface area contributed by atoms with E-state index in [4.69, 9.17) is 10.6 Å². The molecular weight excluding hydrogens is 470 g/mol. The van der Waals surface area contributed by atoms with Crippen molar-refractivity contribution in [3.8, 4) is 0 Å². The highest BCUT2D eigenvalue weighted by molar-refractivity contribution is 7.89. The first-order valence-electron chi connectivity index (χ1n) is 10.7. The first-order chi connectivity index (χ1) is 16.9. The number of nitrogens with zero attached hydrogens (tertiary/aromatic N) is 1. The van der Waals surface area contributed by atoms with E-state index in [1.165, 1.54) is 24.3 Å². The van der Waals surface area contributed by atoms with Gasteiger partial charge < -0.3 is 16.4 Å². The molecule has 0 aliphatic heterocycles. The van der Waals surface area contributed by atoms with E-state index in [1.54, 1.807) is 24.3 Å². The lowest BCUT2D eigenvalue weighted by atomic mass is 10.2. The summed E-state index contributed by atoms with van der Waals surface area (Å²) < 4.78 is 27.9. The molecule has 0 radical (unpaired) electrons. The van der Waals surface area contributed by atoms with Crippen LogP contribution in [0.25, 0.3) is 0 Å². The molecule has 35 heavy (non-hydrogen) atoms. The maximum atomic E-state index is 12.7. The molecule has 0 fully saturated rings. The topological polar surface area (TPSA) is 143 Å². The molecule has 1 atom stereocenters. The van der Waals surface area contributed by atoms with Crippen LogP contribution in [0.3, 0.4) is 0 Å². The lowest BCUT2D eigenvalue weighted by molar-refractivity contribution is -0.190. The number of carbonyl (C=O) groups excluding carboxylic acids is 2. The van der Waals surface area contributed by atoms with E-state index in [2.05, 4.69) is 15.4 Å². The number of sulfonamides is 1. The third-order valence-electron chi connectivity index (χ3n) is 4.92. The van der Waals surface area contributed by atoms with Crippen molar-refractivity contribution >= 4 is 33.8 Å². The monoisotopic (exact) mass is 497 g/mol. The van der Waals surface area contributed by atoms with Crippen LogP contribution in [0.5, 0.6) is 0 Å². The number of nitrogens with one attached hydrogen (secondary N) is 3. The molecule has 3 aromatic carbocycles. The predicted octanol–water partition coefficient (Wildman–Crippen LogP) is 2.33. The van der Waals surface area contributed by atoms with Gasteiger partial charge in [-0.05, 0) is 42.0 Å². The largest absolute Gasteiger partial charge is 0.399 e. The van der Waals surface area contributed by atoms with Crippen LogP contribution in [0, 0.1) is 0 Å². The highest BCUT2D eigenvalue weighted by atomic mass is 32.2. The second-order valence-corrected chi connectivity index (χ2v) is 9.27.